The van der Waals surface area contributed by atoms with Gasteiger partial charge in [0.05, 0.1) is 4.90 Å². The summed E-state index contributed by atoms with van der Waals surface area (Å²) in [5, 5.41) is 7.39. The molecule has 2 aromatic rings. The van der Waals surface area contributed by atoms with Crippen LogP contribution in [-0.4, -0.2) is 26.8 Å². The van der Waals surface area contributed by atoms with Crippen molar-refractivity contribution in [1.29, 1.82) is 0 Å². The Balaban J connectivity index is 2.25. The Morgan fingerprint density at radius 2 is 2.00 bits per heavy atom. The van der Waals surface area contributed by atoms with E-state index in [9.17, 15) is 8.42 Å². The van der Waals surface area contributed by atoms with Crippen molar-refractivity contribution < 1.29 is 8.42 Å². The number of anilines is 1. The molecule has 0 unspecified atom stereocenters. The number of benzene rings is 1. The van der Waals surface area contributed by atoms with Gasteiger partial charge in [-0.2, -0.15) is 11.3 Å². The van der Waals surface area contributed by atoms with Crippen molar-refractivity contribution in [2.75, 3.05) is 19.4 Å². The Labute approximate surface area is 124 Å². The van der Waals surface area contributed by atoms with Crippen LogP contribution in [0.15, 0.2) is 39.9 Å². The second-order valence-electron chi connectivity index (χ2n) is 4.75. The summed E-state index contributed by atoms with van der Waals surface area (Å²) in [5.74, 6) is 0. The van der Waals surface area contributed by atoms with Gasteiger partial charge < -0.3 is 5.32 Å². The van der Waals surface area contributed by atoms with Crippen molar-refractivity contribution in [3.05, 3.63) is 46.2 Å². The predicted octanol–water partition coefficient (Wildman–Crippen LogP) is 2.92. The van der Waals surface area contributed by atoms with Crippen molar-refractivity contribution in [3.63, 3.8) is 0 Å². The monoisotopic (exact) mass is 310 g/mol. The van der Waals surface area contributed by atoms with E-state index in [0.29, 0.717) is 11.4 Å². The number of aryl methyl sites for hydroxylation is 1. The second kappa shape index (κ2) is 5.95. The molecule has 0 atom stereocenters. The Morgan fingerprint density at radius 1 is 1.25 bits per heavy atom. The van der Waals surface area contributed by atoms with Gasteiger partial charge in [-0.25, -0.2) is 12.7 Å². The molecule has 0 spiro atoms. The molecular formula is C14H18N2O2S2. The molecule has 0 aliphatic rings. The maximum absolute atomic E-state index is 12.1. The van der Waals surface area contributed by atoms with Crippen LogP contribution in [0.25, 0.3) is 0 Å². The summed E-state index contributed by atoms with van der Waals surface area (Å²) in [6, 6.07) is 7.21. The molecule has 20 heavy (non-hydrogen) atoms. The zero-order chi connectivity index (χ0) is 14.8. The molecule has 0 bridgehead atoms. The maximum Gasteiger partial charge on any atom is 0.242 e. The van der Waals surface area contributed by atoms with Crippen LogP contribution >= 0.6 is 11.3 Å². The summed E-state index contributed by atoms with van der Waals surface area (Å²) in [5.41, 5.74) is 3.06. The molecule has 0 aliphatic carbocycles. The van der Waals surface area contributed by atoms with Crippen LogP contribution in [0.2, 0.25) is 0 Å². The molecule has 1 aromatic heterocycles. The molecule has 108 valence electrons. The van der Waals surface area contributed by atoms with Gasteiger partial charge in [0, 0.05) is 26.3 Å². The minimum atomic E-state index is -3.39. The van der Waals surface area contributed by atoms with Crippen LogP contribution in [-0.2, 0) is 16.6 Å². The average molecular weight is 310 g/mol. The first-order valence-electron chi connectivity index (χ1n) is 6.19. The van der Waals surface area contributed by atoms with E-state index in [1.807, 2.05) is 24.4 Å². The number of nitrogens with zero attached hydrogens (tertiary/aromatic N) is 1. The van der Waals surface area contributed by atoms with Crippen LogP contribution in [0.3, 0.4) is 0 Å². The number of nitrogens with one attached hydrogen (secondary N) is 1. The normalized spacial score (nSPS) is 11.8. The summed E-state index contributed by atoms with van der Waals surface area (Å²) in [6.07, 6.45) is 0. The minimum Gasteiger partial charge on any atom is -0.381 e. The molecule has 2 rings (SSSR count). The number of sulfonamides is 1. The molecule has 6 heteroatoms. The highest BCUT2D eigenvalue weighted by molar-refractivity contribution is 7.89. The first-order valence-corrected chi connectivity index (χ1v) is 8.57. The lowest BCUT2D eigenvalue weighted by Crippen LogP contribution is -2.22. The highest BCUT2D eigenvalue weighted by atomic mass is 32.2. The fourth-order valence-electron chi connectivity index (χ4n) is 1.75. The summed E-state index contributed by atoms with van der Waals surface area (Å²) in [4.78, 5) is 0.306. The molecule has 1 heterocycles. The van der Waals surface area contributed by atoms with Crippen molar-refractivity contribution in [3.8, 4) is 0 Å². The smallest absolute Gasteiger partial charge is 0.242 e. The lowest BCUT2D eigenvalue weighted by Gasteiger charge is -2.14. The largest absolute Gasteiger partial charge is 0.381 e. The standard InChI is InChI=1S/C14H18N2O2S2/c1-11-4-5-13(20(17,18)16(2)3)8-14(11)15-9-12-6-7-19-10-12/h4-8,10,15H,9H2,1-3H3. The third-order valence-corrected chi connectivity index (χ3v) is 5.59. The minimum absolute atomic E-state index is 0.306. The van der Waals surface area contributed by atoms with E-state index in [4.69, 9.17) is 0 Å². The van der Waals surface area contributed by atoms with Gasteiger partial charge in [-0.1, -0.05) is 6.07 Å². The molecule has 4 nitrogen and oxygen atoms in total. The van der Waals surface area contributed by atoms with Gasteiger partial charge in [-0.15, -0.1) is 0 Å². The van der Waals surface area contributed by atoms with Gasteiger partial charge in [0.2, 0.25) is 10.0 Å². The molecule has 0 saturated heterocycles. The van der Waals surface area contributed by atoms with Crippen LogP contribution in [0.5, 0.6) is 0 Å². The third-order valence-electron chi connectivity index (χ3n) is 3.05. The van der Waals surface area contributed by atoms with E-state index in [1.165, 1.54) is 24.0 Å². The fraction of sp³-hybridized carbons (Fsp3) is 0.286. The highest BCUT2D eigenvalue weighted by Gasteiger charge is 2.17. The summed E-state index contributed by atoms with van der Waals surface area (Å²) in [6.45, 7) is 2.65. The average Bonchev–Trinajstić information content (AvgIpc) is 2.90. The summed E-state index contributed by atoms with van der Waals surface area (Å²) >= 11 is 1.65. The van der Waals surface area contributed by atoms with E-state index in [1.54, 1.807) is 23.5 Å². The number of hydrogen-bond acceptors (Lipinski definition) is 4. The molecule has 0 aliphatic heterocycles. The first-order chi connectivity index (χ1) is 9.41. The van der Waals surface area contributed by atoms with Gasteiger partial charge in [0.1, 0.15) is 0 Å². The van der Waals surface area contributed by atoms with Crippen LogP contribution in [0, 0.1) is 6.92 Å². The van der Waals surface area contributed by atoms with Crippen LogP contribution in [0.4, 0.5) is 5.69 Å². The van der Waals surface area contributed by atoms with Crippen LogP contribution in [0.1, 0.15) is 11.1 Å². The SMILES string of the molecule is Cc1ccc(S(=O)(=O)N(C)C)cc1NCc1ccsc1. The van der Waals surface area contributed by atoms with E-state index < -0.39 is 10.0 Å². The van der Waals surface area contributed by atoms with Crippen molar-refractivity contribution >= 4 is 27.0 Å². The van der Waals surface area contributed by atoms with Gasteiger partial charge in [-0.05, 0) is 47.0 Å². The molecular weight excluding hydrogens is 292 g/mol. The van der Waals surface area contributed by atoms with Crippen molar-refractivity contribution in [1.82, 2.24) is 4.31 Å². The lowest BCUT2D eigenvalue weighted by molar-refractivity contribution is 0.521. The van der Waals surface area contributed by atoms with Gasteiger partial charge in [0.15, 0.2) is 0 Å². The first kappa shape index (κ1) is 15.0. The molecule has 0 saturated carbocycles. The topological polar surface area (TPSA) is 49.4 Å². The molecule has 0 radical (unpaired) electrons. The number of hydrogen-bond donors (Lipinski definition) is 1. The zero-order valence-corrected chi connectivity index (χ0v) is 13.4. The Morgan fingerprint density at radius 3 is 2.60 bits per heavy atom. The van der Waals surface area contributed by atoms with Gasteiger partial charge in [-0.3, -0.25) is 0 Å². The fourth-order valence-corrected chi connectivity index (χ4v) is 3.35. The quantitative estimate of drug-likeness (QED) is 0.924. The Hall–Kier alpha value is -1.37. The van der Waals surface area contributed by atoms with Crippen molar-refractivity contribution in [2.24, 2.45) is 0 Å². The Kier molecular flexibility index (Phi) is 4.47. The predicted molar refractivity (Wildman–Crippen MR) is 83.7 cm³/mol. The van der Waals surface area contributed by atoms with E-state index in [0.717, 1.165) is 11.3 Å². The number of rotatable bonds is 5. The second-order valence-corrected chi connectivity index (χ2v) is 7.68. The summed E-state index contributed by atoms with van der Waals surface area (Å²) < 4.78 is 25.5. The maximum atomic E-state index is 12.1. The zero-order valence-electron chi connectivity index (χ0n) is 11.8. The van der Waals surface area contributed by atoms with E-state index >= 15 is 0 Å². The molecule has 0 amide bonds. The summed E-state index contributed by atoms with van der Waals surface area (Å²) in [7, 11) is -0.322. The van der Waals surface area contributed by atoms with Gasteiger partial charge >= 0.3 is 0 Å². The van der Waals surface area contributed by atoms with Gasteiger partial charge in [0.25, 0.3) is 0 Å². The molecule has 1 aromatic carbocycles. The molecule has 1 N–H and O–H groups in total. The number of thiophene rings is 1. The van der Waals surface area contributed by atoms with E-state index in [2.05, 4.69) is 10.7 Å². The lowest BCUT2D eigenvalue weighted by atomic mass is 10.2. The Bertz CT molecular complexity index is 677. The molecule has 0 fully saturated rings. The van der Waals surface area contributed by atoms with Crippen LogP contribution < -0.4 is 5.32 Å². The van der Waals surface area contributed by atoms with Crippen molar-refractivity contribution in [2.45, 2.75) is 18.4 Å². The highest BCUT2D eigenvalue weighted by Crippen LogP contribution is 2.22. The third kappa shape index (κ3) is 3.20. The van der Waals surface area contributed by atoms with E-state index in [-0.39, 0.29) is 0 Å².